The van der Waals surface area contributed by atoms with Gasteiger partial charge in [-0.05, 0) is 39.2 Å². The van der Waals surface area contributed by atoms with Crippen LogP contribution in [-0.4, -0.2) is 37.8 Å². The molecule has 1 saturated carbocycles. The van der Waals surface area contributed by atoms with E-state index in [4.69, 9.17) is 4.74 Å². The van der Waals surface area contributed by atoms with Crippen LogP contribution in [0.25, 0.3) is 0 Å². The lowest BCUT2D eigenvalue weighted by Crippen LogP contribution is -2.37. The summed E-state index contributed by atoms with van der Waals surface area (Å²) in [5.74, 6) is 0.838. The first-order chi connectivity index (χ1) is 9.67. The van der Waals surface area contributed by atoms with Crippen LogP contribution in [-0.2, 0) is 4.74 Å². The fourth-order valence-corrected chi connectivity index (χ4v) is 3.57. The van der Waals surface area contributed by atoms with Gasteiger partial charge in [-0.3, -0.25) is 0 Å². The Morgan fingerprint density at radius 1 is 1.50 bits per heavy atom. The molecule has 0 radical (unpaired) electrons. The highest BCUT2D eigenvalue weighted by Crippen LogP contribution is 2.38. The molecule has 5 heteroatoms. The minimum atomic E-state index is 0.381. The lowest BCUT2D eigenvalue weighted by atomic mass is 10.2. The number of methoxy groups -OCH3 is 1. The summed E-state index contributed by atoms with van der Waals surface area (Å²) in [5.41, 5.74) is 0. The molecule has 20 heavy (non-hydrogen) atoms. The Morgan fingerprint density at radius 2 is 2.25 bits per heavy atom. The van der Waals surface area contributed by atoms with E-state index >= 15 is 0 Å². The number of rotatable bonds is 9. The van der Waals surface area contributed by atoms with Crippen LogP contribution in [0.4, 0.5) is 5.13 Å². The number of ether oxygens (including phenoxy) is 1. The van der Waals surface area contributed by atoms with Crippen molar-refractivity contribution in [3.63, 3.8) is 0 Å². The molecule has 2 atom stereocenters. The van der Waals surface area contributed by atoms with E-state index in [0.717, 1.165) is 30.7 Å². The quantitative estimate of drug-likeness (QED) is 0.760. The third kappa shape index (κ3) is 3.93. The summed E-state index contributed by atoms with van der Waals surface area (Å²) in [7, 11) is 1.76. The highest BCUT2D eigenvalue weighted by molar-refractivity contribution is 7.15. The minimum Gasteiger partial charge on any atom is -0.383 e. The zero-order valence-corrected chi connectivity index (χ0v) is 13.9. The number of anilines is 1. The summed E-state index contributed by atoms with van der Waals surface area (Å²) < 4.78 is 5.26. The molecule has 0 spiro atoms. The van der Waals surface area contributed by atoms with Gasteiger partial charge in [0.1, 0.15) is 0 Å². The van der Waals surface area contributed by atoms with E-state index in [1.807, 2.05) is 17.5 Å². The Bertz CT molecular complexity index is 406. The van der Waals surface area contributed by atoms with Gasteiger partial charge >= 0.3 is 0 Å². The van der Waals surface area contributed by atoms with Gasteiger partial charge in [0.05, 0.1) is 6.61 Å². The highest BCUT2D eigenvalue weighted by Gasteiger charge is 2.33. The van der Waals surface area contributed by atoms with Crippen molar-refractivity contribution in [2.45, 2.75) is 45.7 Å². The first-order valence-electron chi connectivity index (χ1n) is 7.62. The number of nitrogens with one attached hydrogen (secondary N) is 1. The van der Waals surface area contributed by atoms with Crippen LogP contribution < -0.4 is 10.2 Å². The van der Waals surface area contributed by atoms with Gasteiger partial charge in [0, 0.05) is 36.8 Å². The second-order valence-corrected chi connectivity index (χ2v) is 6.63. The van der Waals surface area contributed by atoms with Crippen LogP contribution in [0.15, 0.2) is 6.20 Å². The highest BCUT2D eigenvalue weighted by atomic mass is 32.1. The van der Waals surface area contributed by atoms with Gasteiger partial charge in [0.15, 0.2) is 5.13 Å². The largest absolute Gasteiger partial charge is 0.383 e. The molecule has 4 nitrogen and oxygen atoms in total. The topological polar surface area (TPSA) is 37.4 Å². The molecular weight excluding hydrogens is 270 g/mol. The lowest BCUT2D eigenvalue weighted by Gasteiger charge is -2.28. The summed E-state index contributed by atoms with van der Waals surface area (Å²) in [4.78, 5) is 8.39. The van der Waals surface area contributed by atoms with E-state index in [1.54, 1.807) is 7.11 Å². The molecule has 1 heterocycles. The van der Waals surface area contributed by atoms with Gasteiger partial charge in [-0.1, -0.05) is 6.92 Å². The number of hydrogen-bond donors (Lipinski definition) is 1. The minimum absolute atomic E-state index is 0.381. The smallest absolute Gasteiger partial charge is 0.185 e. The Hall–Kier alpha value is -0.650. The van der Waals surface area contributed by atoms with Crippen LogP contribution in [0.5, 0.6) is 0 Å². The van der Waals surface area contributed by atoms with E-state index in [0.29, 0.717) is 12.1 Å². The first kappa shape index (κ1) is 15.7. The van der Waals surface area contributed by atoms with E-state index in [2.05, 4.69) is 36.0 Å². The van der Waals surface area contributed by atoms with E-state index in [9.17, 15) is 0 Å². The van der Waals surface area contributed by atoms with Crippen molar-refractivity contribution in [1.29, 1.82) is 0 Å². The molecule has 114 valence electrons. The van der Waals surface area contributed by atoms with Gasteiger partial charge in [-0.2, -0.15) is 0 Å². The van der Waals surface area contributed by atoms with Crippen molar-refractivity contribution in [3.05, 3.63) is 11.1 Å². The summed E-state index contributed by atoms with van der Waals surface area (Å²) in [5, 5.41) is 4.59. The Labute approximate surface area is 126 Å². The average molecular weight is 297 g/mol. The Morgan fingerprint density at radius 3 is 2.85 bits per heavy atom. The Balaban J connectivity index is 2.07. The van der Waals surface area contributed by atoms with Crippen molar-refractivity contribution >= 4 is 16.5 Å². The summed E-state index contributed by atoms with van der Waals surface area (Å²) in [6.45, 7) is 9.33. The standard InChI is InChI=1S/C15H27N3OS/c1-5-16-11(2)14-10-17-15(20-14)18(8-9-19-4)12(3)13-6-7-13/h10-13,16H,5-9H2,1-4H3. The normalized spacial score (nSPS) is 18.0. The van der Waals surface area contributed by atoms with Gasteiger partial charge in [-0.25, -0.2) is 4.98 Å². The van der Waals surface area contributed by atoms with Crippen LogP contribution in [0.2, 0.25) is 0 Å². The average Bonchev–Trinajstić information content (AvgIpc) is 3.18. The third-order valence-electron chi connectivity index (χ3n) is 4.03. The molecule has 0 bridgehead atoms. The van der Waals surface area contributed by atoms with Gasteiger partial charge in [0.25, 0.3) is 0 Å². The fourth-order valence-electron chi connectivity index (χ4n) is 2.51. The van der Waals surface area contributed by atoms with Crippen LogP contribution in [0, 0.1) is 5.92 Å². The van der Waals surface area contributed by atoms with Gasteiger partial charge < -0.3 is 15.0 Å². The van der Waals surface area contributed by atoms with E-state index < -0.39 is 0 Å². The second-order valence-electron chi connectivity index (χ2n) is 5.59. The molecule has 1 N–H and O–H groups in total. The number of aromatic nitrogens is 1. The maximum atomic E-state index is 5.26. The molecule has 2 unspecified atom stereocenters. The molecule has 2 rings (SSSR count). The number of nitrogens with zero attached hydrogens (tertiary/aromatic N) is 2. The SMILES string of the molecule is CCNC(C)c1cnc(N(CCOC)C(C)C2CC2)s1. The summed E-state index contributed by atoms with van der Waals surface area (Å²) >= 11 is 1.81. The van der Waals surface area contributed by atoms with E-state index in [-0.39, 0.29) is 0 Å². The zero-order valence-electron chi connectivity index (χ0n) is 13.1. The van der Waals surface area contributed by atoms with Crippen molar-refractivity contribution in [1.82, 2.24) is 10.3 Å². The van der Waals surface area contributed by atoms with Crippen LogP contribution in [0.1, 0.15) is 44.5 Å². The first-order valence-corrected chi connectivity index (χ1v) is 8.43. The van der Waals surface area contributed by atoms with Crippen molar-refractivity contribution < 1.29 is 4.74 Å². The maximum absolute atomic E-state index is 5.26. The van der Waals surface area contributed by atoms with Crippen LogP contribution >= 0.6 is 11.3 Å². The van der Waals surface area contributed by atoms with Crippen molar-refractivity contribution in [3.8, 4) is 0 Å². The molecule has 1 aliphatic carbocycles. The molecule has 1 aromatic heterocycles. The van der Waals surface area contributed by atoms with Crippen molar-refractivity contribution in [2.24, 2.45) is 5.92 Å². The fraction of sp³-hybridized carbons (Fsp3) is 0.800. The molecule has 0 amide bonds. The predicted molar refractivity (Wildman–Crippen MR) is 85.6 cm³/mol. The van der Waals surface area contributed by atoms with Gasteiger partial charge in [-0.15, -0.1) is 11.3 Å². The summed E-state index contributed by atoms with van der Waals surface area (Å²) in [6, 6.07) is 0.949. The van der Waals surface area contributed by atoms with Crippen LogP contribution in [0.3, 0.4) is 0 Å². The molecule has 0 saturated heterocycles. The van der Waals surface area contributed by atoms with Gasteiger partial charge in [0.2, 0.25) is 0 Å². The molecule has 1 aromatic rings. The molecule has 1 aliphatic rings. The maximum Gasteiger partial charge on any atom is 0.185 e. The summed E-state index contributed by atoms with van der Waals surface area (Å²) in [6.07, 6.45) is 4.74. The number of thiazole rings is 1. The monoisotopic (exact) mass is 297 g/mol. The number of hydrogen-bond acceptors (Lipinski definition) is 5. The molecule has 0 aliphatic heterocycles. The molecule has 1 fully saturated rings. The second kappa shape index (κ2) is 7.38. The lowest BCUT2D eigenvalue weighted by molar-refractivity contribution is 0.202. The zero-order chi connectivity index (χ0) is 14.5. The third-order valence-corrected chi connectivity index (χ3v) is 5.24. The van der Waals surface area contributed by atoms with Crippen molar-refractivity contribution in [2.75, 3.05) is 31.7 Å². The molecule has 0 aromatic carbocycles. The molecular formula is C15H27N3OS. The van der Waals surface area contributed by atoms with E-state index in [1.165, 1.54) is 17.7 Å². The Kier molecular flexibility index (Phi) is 5.81. The predicted octanol–water partition coefficient (Wildman–Crippen LogP) is 3.06.